The molecule has 0 aliphatic carbocycles. The minimum absolute atomic E-state index is 0.0554. The number of benzene rings is 1. The summed E-state index contributed by atoms with van der Waals surface area (Å²) in [5.41, 5.74) is 0.385. The lowest BCUT2D eigenvalue weighted by Crippen LogP contribution is -2.29. The average Bonchev–Trinajstić information content (AvgIpc) is 2.83. The number of nitrogens with zero attached hydrogens (tertiary/aromatic N) is 1. The van der Waals surface area contributed by atoms with E-state index in [4.69, 9.17) is 9.94 Å². The third kappa shape index (κ3) is 2.70. The predicted molar refractivity (Wildman–Crippen MR) is 64.3 cm³/mol. The van der Waals surface area contributed by atoms with Crippen molar-refractivity contribution in [3.8, 4) is 0 Å². The second-order valence-corrected chi connectivity index (χ2v) is 4.06. The monoisotopic (exact) mass is 266 g/mol. The van der Waals surface area contributed by atoms with Gasteiger partial charge in [0.05, 0.1) is 5.69 Å². The Kier molecular flexibility index (Phi) is 3.46. The summed E-state index contributed by atoms with van der Waals surface area (Å²) in [7, 11) is 0. The summed E-state index contributed by atoms with van der Waals surface area (Å²) in [5, 5.41) is 14.3. The second-order valence-electron chi connectivity index (χ2n) is 4.06. The molecule has 0 saturated carbocycles. The van der Waals surface area contributed by atoms with E-state index in [1.807, 2.05) is 0 Å². The number of halogens is 1. The van der Waals surface area contributed by atoms with Gasteiger partial charge >= 0.3 is 5.97 Å². The maximum Gasteiger partial charge on any atom is 0.353 e. The van der Waals surface area contributed by atoms with Crippen LogP contribution in [0.25, 0.3) is 0 Å². The van der Waals surface area contributed by atoms with Gasteiger partial charge in [0.15, 0.2) is 5.71 Å². The zero-order valence-electron chi connectivity index (χ0n) is 10.0. The fourth-order valence-corrected chi connectivity index (χ4v) is 1.64. The fourth-order valence-electron chi connectivity index (χ4n) is 1.64. The van der Waals surface area contributed by atoms with E-state index in [-0.39, 0.29) is 17.8 Å². The number of para-hydroxylation sites is 1. The highest BCUT2D eigenvalue weighted by Crippen LogP contribution is 2.20. The van der Waals surface area contributed by atoms with Crippen LogP contribution < -0.4 is 5.32 Å². The summed E-state index contributed by atoms with van der Waals surface area (Å²) in [5.74, 6) is -2.43. The van der Waals surface area contributed by atoms with Crippen LogP contribution in [0.5, 0.6) is 0 Å². The molecule has 1 atom stereocenters. The first-order valence-electron chi connectivity index (χ1n) is 5.51. The molecule has 1 aromatic carbocycles. The van der Waals surface area contributed by atoms with Gasteiger partial charge in [0, 0.05) is 6.42 Å². The van der Waals surface area contributed by atoms with Crippen LogP contribution in [0.4, 0.5) is 10.1 Å². The number of hydrogen-bond donors (Lipinski definition) is 2. The molecule has 7 heteroatoms. The molecule has 0 radical (unpaired) electrons. The smallest absolute Gasteiger partial charge is 0.353 e. The fraction of sp³-hybridized carbons (Fsp3) is 0.250. The van der Waals surface area contributed by atoms with Crippen molar-refractivity contribution in [1.29, 1.82) is 0 Å². The number of carboxylic acids is 1. The Bertz CT molecular complexity index is 551. The van der Waals surface area contributed by atoms with Crippen molar-refractivity contribution in [2.24, 2.45) is 5.16 Å². The topological polar surface area (TPSA) is 88.0 Å². The van der Waals surface area contributed by atoms with Gasteiger partial charge in [-0.05, 0) is 18.6 Å². The molecule has 1 amide bonds. The summed E-state index contributed by atoms with van der Waals surface area (Å²) < 4.78 is 13.5. The SMILES string of the molecule is Cc1cccc(F)c1NC(=O)C1CC(C(=O)O)=NO1. The summed E-state index contributed by atoms with van der Waals surface area (Å²) in [6, 6.07) is 4.39. The number of aryl methyl sites for hydroxylation is 1. The molecule has 1 aliphatic heterocycles. The molecule has 2 N–H and O–H groups in total. The van der Waals surface area contributed by atoms with E-state index in [1.54, 1.807) is 13.0 Å². The van der Waals surface area contributed by atoms with E-state index in [9.17, 15) is 14.0 Å². The van der Waals surface area contributed by atoms with Gasteiger partial charge in [-0.25, -0.2) is 9.18 Å². The van der Waals surface area contributed by atoms with Crippen LogP contribution in [0.2, 0.25) is 0 Å². The predicted octanol–water partition coefficient (Wildman–Crippen LogP) is 1.30. The number of nitrogens with one attached hydrogen (secondary N) is 1. The maximum atomic E-state index is 13.5. The first kappa shape index (κ1) is 13.0. The number of oxime groups is 1. The summed E-state index contributed by atoms with van der Waals surface area (Å²) >= 11 is 0. The molecule has 0 fully saturated rings. The Morgan fingerprint density at radius 3 is 2.84 bits per heavy atom. The van der Waals surface area contributed by atoms with Gasteiger partial charge in [-0.3, -0.25) is 4.79 Å². The van der Waals surface area contributed by atoms with Gasteiger partial charge in [0.1, 0.15) is 5.82 Å². The highest BCUT2D eigenvalue weighted by atomic mass is 19.1. The molecule has 1 heterocycles. The normalized spacial score (nSPS) is 17.6. The van der Waals surface area contributed by atoms with E-state index in [0.717, 1.165) is 0 Å². The lowest BCUT2D eigenvalue weighted by Gasteiger charge is -2.12. The van der Waals surface area contributed by atoms with E-state index >= 15 is 0 Å². The first-order chi connectivity index (χ1) is 8.99. The largest absolute Gasteiger partial charge is 0.477 e. The van der Waals surface area contributed by atoms with Gasteiger partial charge in [0.2, 0.25) is 6.10 Å². The van der Waals surface area contributed by atoms with Crippen molar-refractivity contribution in [1.82, 2.24) is 0 Å². The molecule has 0 bridgehead atoms. The molecule has 1 aliphatic rings. The highest BCUT2D eigenvalue weighted by molar-refractivity contribution is 6.36. The maximum absolute atomic E-state index is 13.5. The standard InChI is InChI=1S/C12H11FN2O4/c1-6-3-2-4-7(13)10(6)14-11(16)9-5-8(12(17)18)15-19-9/h2-4,9H,5H2,1H3,(H,14,16)(H,17,18). The number of anilines is 1. The molecule has 100 valence electrons. The molecule has 1 unspecified atom stereocenters. The van der Waals surface area contributed by atoms with Crippen molar-refractivity contribution in [2.75, 3.05) is 5.32 Å². The number of carbonyl (C=O) groups excluding carboxylic acids is 1. The first-order valence-corrected chi connectivity index (χ1v) is 5.51. The summed E-state index contributed by atoms with van der Waals surface area (Å²) in [6.07, 6.45) is -1.20. The van der Waals surface area contributed by atoms with Gasteiger partial charge < -0.3 is 15.3 Å². The van der Waals surface area contributed by atoms with E-state index < -0.39 is 23.8 Å². The van der Waals surface area contributed by atoms with Crippen LogP contribution in [0.15, 0.2) is 23.4 Å². The molecular formula is C12H11FN2O4. The number of hydrogen-bond acceptors (Lipinski definition) is 4. The van der Waals surface area contributed by atoms with Crippen molar-refractivity contribution in [3.63, 3.8) is 0 Å². The third-order valence-electron chi connectivity index (χ3n) is 2.68. The van der Waals surface area contributed by atoms with Gasteiger partial charge in [-0.15, -0.1) is 0 Å². The number of aliphatic carboxylic acids is 1. The van der Waals surface area contributed by atoms with E-state index in [0.29, 0.717) is 5.56 Å². The molecule has 1 aromatic rings. The molecule has 6 nitrogen and oxygen atoms in total. The van der Waals surface area contributed by atoms with Crippen LogP contribution in [-0.2, 0) is 14.4 Å². The highest BCUT2D eigenvalue weighted by Gasteiger charge is 2.32. The quantitative estimate of drug-likeness (QED) is 0.863. The summed E-state index contributed by atoms with van der Waals surface area (Å²) in [6.45, 7) is 1.65. The number of rotatable bonds is 3. The van der Waals surface area contributed by atoms with Crippen LogP contribution >= 0.6 is 0 Å². The summed E-state index contributed by atoms with van der Waals surface area (Å²) in [4.78, 5) is 27.2. The molecular weight excluding hydrogens is 255 g/mol. The Balaban J connectivity index is 2.06. The number of carboxylic acid groups (broad SMARTS) is 1. The third-order valence-corrected chi connectivity index (χ3v) is 2.68. The van der Waals surface area contributed by atoms with Crippen LogP contribution in [0.1, 0.15) is 12.0 Å². The van der Waals surface area contributed by atoms with E-state index in [1.165, 1.54) is 12.1 Å². The van der Waals surface area contributed by atoms with Gasteiger partial charge in [-0.2, -0.15) is 0 Å². The second kappa shape index (κ2) is 5.05. The number of amides is 1. The van der Waals surface area contributed by atoms with Gasteiger partial charge in [0.25, 0.3) is 5.91 Å². The van der Waals surface area contributed by atoms with Gasteiger partial charge in [-0.1, -0.05) is 17.3 Å². The molecule has 19 heavy (non-hydrogen) atoms. The zero-order chi connectivity index (χ0) is 14.0. The average molecular weight is 266 g/mol. The van der Waals surface area contributed by atoms with Crippen LogP contribution in [-0.4, -0.2) is 28.8 Å². The van der Waals surface area contributed by atoms with Crippen molar-refractivity contribution in [3.05, 3.63) is 29.6 Å². The minimum atomic E-state index is -1.24. The molecule has 0 saturated heterocycles. The number of carbonyl (C=O) groups is 2. The lowest BCUT2D eigenvalue weighted by atomic mass is 10.1. The van der Waals surface area contributed by atoms with Crippen LogP contribution in [0, 0.1) is 12.7 Å². The Morgan fingerprint density at radius 2 is 2.26 bits per heavy atom. The van der Waals surface area contributed by atoms with Crippen LogP contribution in [0.3, 0.4) is 0 Å². The van der Waals surface area contributed by atoms with Crippen molar-refractivity contribution < 1.29 is 23.9 Å². The zero-order valence-corrected chi connectivity index (χ0v) is 10.0. The Labute approximate surface area is 107 Å². The Hall–Kier alpha value is -2.44. The molecule has 0 spiro atoms. The Morgan fingerprint density at radius 1 is 1.53 bits per heavy atom. The van der Waals surface area contributed by atoms with Crippen molar-refractivity contribution >= 4 is 23.3 Å². The minimum Gasteiger partial charge on any atom is -0.477 e. The lowest BCUT2D eigenvalue weighted by molar-refractivity contribution is -0.129. The molecule has 2 rings (SSSR count). The molecule has 0 aromatic heterocycles. The van der Waals surface area contributed by atoms with E-state index in [2.05, 4.69) is 10.5 Å². The van der Waals surface area contributed by atoms with Crippen molar-refractivity contribution in [2.45, 2.75) is 19.4 Å².